The predicted octanol–water partition coefficient (Wildman–Crippen LogP) is 0.241. The summed E-state index contributed by atoms with van der Waals surface area (Å²) >= 11 is 2.12. The second kappa shape index (κ2) is 3.60. The van der Waals surface area contributed by atoms with Crippen molar-refractivity contribution < 1.29 is 9.90 Å². The number of hydrogen-bond donors (Lipinski definition) is 2. The summed E-state index contributed by atoms with van der Waals surface area (Å²) < 4.78 is -0.0834. The largest absolute Gasteiger partial charge is 0.477 e. The van der Waals surface area contributed by atoms with Gasteiger partial charge in [0.15, 0.2) is 0 Å². The third-order valence-electron chi connectivity index (χ3n) is 1.92. The second-order valence-electron chi connectivity index (χ2n) is 2.85. The van der Waals surface area contributed by atoms with E-state index in [9.17, 15) is 4.79 Å². The number of carbonyl (C=O) groups is 1. The molecule has 0 amide bonds. The van der Waals surface area contributed by atoms with Gasteiger partial charge in [0, 0.05) is 6.20 Å². The van der Waals surface area contributed by atoms with Crippen LogP contribution in [-0.2, 0) is 4.79 Å². The maximum Gasteiger partial charge on any atom is 0.379 e. The van der Waals surface area contributed by atoms with Gasteiger partial charge < -0.3 is 10.3 Å². The molecule has 2 N–H and O–H groups in total. The maximum atomic E-state index is 10.8. The van der Waals surface area contributed by atoms with Crippen LogP contribution in [0.15, 0.2) is 24.0 Å². The molecule has 0 bridgehead atoms. The Kier molecular flexibility index (Phi) is 2.45. The zero-order valence-corrected chi connectivity index (χ0v) is 9.22. The molecule has 70 valence electrons. The fourth-order valence-electron chi connectivity index (χ4n) is 1.29. The summed E-state index contributed by atoms with van der Waals surface area (Å²) in [5.74, 6) is -0.943. The van der Waals surface area contributed by atoms with Crippen LogP contribution in [0.3, 0.4) is 0 Å². The van der Waals surface area contributed by atoms with E-state index < -0.39 is 5.97 Å². The fourth-order valence-corrected chi connectivity index (χ4v) is 2.15. The maximum absolute atomic E-state index is 10.8. The minimum absolute atomic E-state index is 0.0834. The van der Waals surface area contributed by atoms with Crippen LogP contribution in [0.2, 0.25) is 0 Å². The van der Waals surface area contributed by atoms with Gasteiger partial charge in [0.1, 0.15) is 5.70 Å². The van der Waals surface area contributed by atoms with Crippen LogP contribution in [0.1, 0.15) is 5.56 Å². The molecule has 1 aliphatic rings. The van der Waals surface area contributed by atoms with Gasteiger partial charge in [0.2, 0.25) is 0 Å². The Morgan fingerprint density at radius 1 is 1.64 bits per heavy atom. The lowest BCUT2D eigenvalue weighted by molar-refractivity contribution is -0.132. The molecule has 1 aliphatic heterocycles. The molecular formula is C8H6BIN2O2. The summed E-state index contributed by atoms with van der Waals surface area (Å²) in [7, 11) is 0. The first-order valence-electron chi connectivity index (χ1n) is 3.99. The molecular weight excluding hydrogens is 294 g/mol. The van der Waals surface area contributed by atoms with Gasteiger partial charge in [-0.2, -0.15) is 0 Å². The van der Waals surface area contributed by atoms with Crippen molar-refractivity contribution in [3.8, 4) is 0 Å². The van der Waals surface area contributed by atoms with Crippen LogP contribution in [-0.4, -0.2) is 20.8 Å². The smallest absolute Gasteiger partial charge is 0.379 e. The number of halogens is 1. The number of nitrogens with one attached hydrogen (secondary N) is 1. The molecule has 0 aliphatic carbocycles. The summed E-state index contributed by atoms with van der Waals surface area (Å²) in [5, 5.41) is 11.7. The van der Waals surface area contributed by atoms with E-state index in [1.165, 1.54) is 0 Å². The van der Waals surface area contributed by atoms with Crippen molar-refractivity contribution in [2.24, 2.45) is 0 Å². The Morgan fingerprint density at radius 2 is 2.43 bits per heavy atom. The topological polar surface area (TPSA) is 62.2 Å². The first kappa shape index (κ1) is 9.51. The molecule has 4 nitrogen and oxygen atoms in total. The number of nitrogens with zero attached hydrogens (tertiary/aromatic N) is 1. The van der Waals surface area contributed by atoms with Gasteiger partial charge in [-0.25, -0.2) is 4.79 Å². The lowest BCUT2D eigenvalue weighted by atomic mass is 9.80. The first-order chi connectivity index (χ1) is 6.68. The highest BCUT2D eigenvalue weighted by Crippen LogP contribution is 2.11. The molecule has 0 spiro atoms. The van der Waals surface area contributed by atoms with Crippen molar-refractivity contribution in [2.75, 3.05) is 0 Å². The lowest BCUT2D eigenvalue weighted by Crippen LogP contribution is -2.46. The lowest BCUT2D eigenvalue weighted by Gasteiger charge is -2.17. The molecule has 0 aromatic carbocycles. The minimum atomic E-state index is -0.943. The number of pyridine rings is 1. The summed E-state index contributed by atoms with van der Waals surface area (Å²) in [4.78, 5) is 14.9. The molecule has 0 fully saturated rings. The Hall–Kier alpha value is -1.05. The zero-order chi connectivity index (χ0) is 10.1. The minimum Gasteiger partial charge on any atom is -0.477 e. The van der Waals surface area contributed by atoms with Crippen LogP contribution in [0.5, 0.6) is 0 Å². The van der Waals surface area contributed by atoms with E-state index in [0.29, 0.717) is 0 Å². The number of hydrogen-bond acceptors (Lipinski definition) is 3. The summed E-state index contributed by atoms with van der Waals surface area (Å²) in [6.45, 7) is 0. The van der Waals surface area contributed by atoms with Gasteiger partial charge in [0.05, 0.1) is 5.59 Å². The van der Waals surface area contributed by atoms with E-state index in [1.807, 2.05) is 6.07 Å². The average molecular weight is 300 g/mol. The highest BCUT2D eigenvalue weighted by atomic mass is 127. The number of aliphatic carboxylic acids is 1. The Bertz CT molecular complexity index is 422. The summed E-state index contributed by atoms with van der Waals surface area (Å²) in [6, 6.07) is 3.65. The molecule has 0 saturated heterocycles. The van der Waals surface area contributed by atoms with Gasteiger partial charge in [-0.05, 0) is 17.7 Å². The van der Waals surface area contributed by atoms with Crippen molar-refractivity contribution in [2.45, 2.75) is 0 Å². The third-order valence-corrected chi connectivity index (χ3v) is 2.83. The van der Waals surface area contributed by atoms with Gasteiger partial charge in [0.25, 0.3) is 0 Å². The van der Waals surface area contributed by atoms with Gasteiger partial charge in [-0.15, -0.1) is 22.4 Å². The Balaban J connectivity index is 2.50. The molecule has 0 radical (unpaired) electrons. The summed E-state index contributed by atoms with van der Waals surface area (Å²) in [6.07, 6.45) is 3.30. The number of aromatic nitrogens is 1. The van der Waals surface area contributed by atoms with E-state index in [4.69, 9.17) is 5.11 Å². The molecule has 0 unspecified atom stereocenters. The normalized spacial score (nSPS) is 14.1. The molecule has 1 aromatic heterocycles. The monoisotopic (exact) mass is 300 g/mol. The molecule has 0 saturated carbocycles. The van der Waals surface area contributed by atoms with E-state index in [-0.39, 0.29) is 10.4 Å². The van der Waals surface area contributed by atoms with Gasteiger partial charge >= 0.3 is 10.7 Å². The number of carboxylic acids is 1. The quantitative estimate of drug-likeness (QED) is 0.576. The van der Waals surface area contributed by atoms with Crippen LogP contribution in [0, 0.1) is 0 Å². The van der Waals surface area contributed by atoms with Crippen molar-refractivity contribution in [1.82, 2.24) is 10.2 Å². The molecule has 6 heteroatoms. The van der Waals surface area contributed by atoms with Crippen molar-refractivity contribution >= 4 is 44.7 Å². The van der Waals surface area contributed by atoms with E-state index in [0.717, 1.165) is 11.2 Å². The Labute approximate surface area is 94.4 Å². The van der Waals surface area contributed by atoms with Crippen molar-refractivity contribution in [3.63, 3.8) is 0 Å². The fraction of sp³-hybridized carbons (Fsp3) is 0. The molecule has 1 aromatic rings. The SMILES string of the molecule is O=C(O)C1=Cc2cccnc2B(I)N1. The number of fused-ring (bicyclic) bond motifs is 1. The standard InChI is InChI=1S/C8H6BIN2O2/c10-9-7-5(2-1-3-11-7)4-6(12-9)8(13)14/h1-4,12H,(H,13,14). The first-order valence-corrected chi connectivity index (χ1v) is 5.23. The van der Waals surface area contributed by atoms with E-state index in [1.54, 1.807) is 18.3 Å². The summed E-state index contributed by atoms with van der Waals surface area (Å²) in [5.41, 5.74) is 1.95. The molecule has 2 rings (SSSR count). The Morgan fingerprint density at radius 3 is 3.14 bits per heavy atom. The second-order valence-corrected chi connectivity index (χ2v) is 4.09. The van der Waals surface area contributed by atoms with Crippen LogP contribution in [0.25, 0.3) is 6.08 Å². The highest BCUT2D eigenvalue weighted by molar-refractivity contribution is 14.1. The predicted molar refractivity (Wildman–Crippen MR) is 62.4 cm³/mol. The van der Waals surface area contributed by atoms with Gasteiger partial charge in [-0.1, -0.05) is 6.07 Å². The molecule has 0 atom stereocenters. The van der Waals surface area contributed by atoms with Crippen molar-refractivity contribution in [3.05, 3.63) is 29.6 Å². The third kappa shape index (κ3) is 1.61. The van der Waals surface area contributed by atoms with Crippen LogP contribution in [0.4, 0.5) is 0 Å². The molecule has 14 heavy (non-hydrogen) atoms. The van der Waals surface area contributed by atoms with Gasteiger partial charge in [-0.3, -0.25) is 4.98 Å². The number of rotatable bonds is 1. The van der Waals surface area contributed by atoms with E-state index >= 15 is 0 Å². The number of carboxylic acid groups (broad SMARTS) is 1. The zero-order valence-electron chi connectivity index (χ0n) is 7.07. The van der Waals surface area contributed by atoms with E-state index in [2.05, 4.69) is 32.6 Å². The van der Waals surface area contributed by atoms with Crippen molar-refractivity contribution in [1.29, 1.82) is 0 Å². The molecule has 2 heterocycles. The van der Waals surface area contributed by atoms with Crippen LogP contribution < -0.4 is 10.8 Å². The average Bonchev–Trinajstić information content (AvgIpc) is 2.17. The van der Waals surface area contributed by atoms with Crippen LogP contribution >= 0.6 is 22.4 Å². The highest BCUT2D eigenvalue weighted by Gasteiger charge is 2.25.